The van der Waals surface area contributed by atoms with Gasteiger partial charge in [0, 0.05) is 15.4 Å². The molecule has 23 heavy (non-hydrogen) atoms. The Hall–Kier alpha value is -1.99. The fourth-order valence-corrected chi connectivity index (χ4v) is 3.64. The molecule has 0 radical (unpaired) electrons. The Labute approximate surface area is 144 Å². The van der Waals surface area contributed by atoms with Gasteiger partial charge < -0.3 is 4.74 Å². The van der Waals surface area contributed by atoms with Gasteiger partial charge in [0.15, 0.2) is 4.96 Å². The van der Waals surface area contributed by atoms with Crippen molar-refractivity contribution in [2.24, 2.45) is 0 Å². The lowest BCUT2D eigenvalue weighted by atomic mass is 10.1. The number of thiazole rings is 1. The molecule has 0 fully saturated rings. The third kappa shape index (κ3) is 2.94. The molecule has 0 saturated carbocycles. The van der Waals surface area contributed by atoms with Gasteiger partial charge >= 0.3 is 5.97 Å². The second-order valence-electron chi connectivity index (χ2n) is 4.83. The normalized spacial score (nSPS) is 10.9. The smallest absolute Gasteiger partial charge is 0.355 e. The highest BCUT2D eigenvalue weighted by Crippen LogP contribution is 2.32. The van der Waals surface area contributed by atoms with Crippen LogP contribution in [0.4, 0.5) is 0 Å². The molecule has 3 rings (SSSR count). The molecule has 0 aliphatic heterocycles. The van der Waals surface area contributed by atoms with E-state index in [9.17, 15) is 9.59 Å². The minimum absolute atomic E-state index is 0.198. The number of hydrogen-bond acceptors (Lipinski definition) is 5. The van der Waals surface area contributed by atoms with Gasteiger partial charge in [0.2, 0.25) is 0 Å². The van der Waals surface area contributed by atoms with Crippen LogP contribution in [0.5, 0.6) is 0 Å². The first-order valence-electron chi connectivity index (χ1n) is 6.97. The Bertz CT molecular complexity index is 944. The molecule has 0 N–H and O–H groups in total. The molecule has 0 amide bonds. The van der Waals surface area contributed by atoms with Crippen molar-refractivity contribution in [3.8, 4) is 11.3 Å². The van der Waals surface area contributed by atoms with Crippen molar-refractivity contribution in [2.45, 2.75) is 13.8 Å². The predicted molar refractivity (Wildman–Crippen MR) is 93.2 cm³/mol. The monoisotopic (exact) mass is 392 g/mol. The van der Waals surface area contributed by atoms with Crippen molar-refractivity contribution in [1.29, 1.82) is 0 Å². The summed E-state index contributed by atoms with van der Waals surface area (Å²) in [6.07, 6.45) is 0. The molecule has 0 spiro atoms. The second kappa shape index (κ2) is 6.25. The van der Waals surface area contributed by atoms with Gasteiger partial charge in [-0.1, -0.05) is 28.1 Å². The molecule has 0 saturated heterocycles. The number of fused-ring (bicyclic) bond motifs is 1. The number of benzene rings is 1. The van der Waals surface area contributed by atoms with Crippen molar-refractivity contribution in [3.63, 3.8) is 0 Å². The maximum Gasteiger partial charge on any atom is 0.355 e. The van der Waals surface area contributed by atoms with Crippen LogP contribution in [0, 0.1) is 6.92 Å². The number of hydrogen-bond donors (Lipinski definition) is 0. The SMILES string of the molecule is CCOC(=O)c1cc(=O)nc2sc(C)c(-c3ccc(Br)cc3)n12. The molecule has 0 aliphatic carbocycles. The Balaban J connectivity index is 2.33. The third-order valence-corrected chi connectivity index (χ3v) is 4.79. The first-order chi connectivity index (χ1) is 11.0. The van der Waals surface area contributed by atoms with E-state index >= 15 is 0 Å². The van der Waals surface area contributed by atoms with Gasteiger partial charge in [-0.3, -0.25) is 9.20 Å². The Morgan fingerprint density at radius 1 is 1.35 bits per heavy atom. The summed E-state index contributed by atoms with van der Waals surface area (Å²) in [5.74, 6) is -0.529. The average Bonchev–Trinajstić information content (AvgIpc) is 2.83. The third-order valence-electron chi connectivity index (χ3n) is 3.30. The lowest BCUT2D eigenvalue weighted by Gasteiger charge is -2.09. The van der Waals surface area contributed by atoms with E-state index in [2.05, 4.69) is 20.9 Å². The van der Waals surface area contributed by atoms with Crippen molar-refractivity contribution in [2.75, 3.05) is 6.61 Å². The van der Waals surface area contributed by atoms with Crippen LogP contribution < -0.4 is 5.56 Å². The summed E-state index contributed by atoms with van der Waals surface area (Å²) in [4.78, 5) is 29.5. The summed E-state index contributed by atoms with van der Waals surface area (Å²) >= 11 is 4.79. The zero-order valence-electron chi connectivity index (χ0n) is 12.5. The van der Waals surface area contributed by atoms with Crippen LogP contribution in [0.1, 0.15) is 22.3 Å². The van der Waals surface area contributed by atoms with E-state index in [-0.39, 0.29) is 12.3 Å². The highest BCUT2D eigenvalue weighted by molar-refractivity contribution is 9.10. The predicted octanol–water partition coefficient (Wildman–Crippen LogP) is 3.67. The molecule has 0 atom stereocenters. The Morgan fingerprint density at radius 3 is 2.70 bits per heavy atom. The van der Waals surface area contributed by atoms with Gasteiger partial charge in [-0.25, -0.2) is 4.79 Å². The number of ether oxygens (including phenoxy) is 1. The standard InChI is InChI=1S/C16H13BrN2O3S/c1-3-22-15(21)12-8-13(20)18-16-19(12)14(9(2)23-16)10-4-6-11(17)7-5-10/h4-8H,3H2,1-2H3. The fraction of sp³-hybridized carbons (Fsp3) is 0.188. The minimum Gasteiger partial charge on any atom is -0.461 e. The highest BCUT2D eigenvalue weighted by Gasteiger charge is 2.20. The molecule has 5 nitrogen and oxygen atoms in total. The Kier molecular flexibility index (Phi) is 4.32. The molecule has 0 aliphatic rings. The van der Waals surface area contributed by atoms with E-state index in [1.54, 1.807) is 11.3 Å². The number of rotatable bonds is 3. The minimum atomic E-state index is -0.529. The summed E-state index contributed by atoms with van der Waals surface area (Å²) in [6.45, 7) is 3.91. The van der Waals surface area contributed by atoms with E-state index in [0.717, 1.165) is 20.6 Å². The zero-order chi connectivity index (χ0) is 16.6. The summed E-state index contributed by atoms with van der Waals surface area (Å²) in [5.41, 5.74) is 1.53. The average molecular weight is 393 g/mol. The van der Waals surface area contributed by atoms with E-state index in [0.29, 0.717) is 4.96 Å². The summed E-state index contributed by atoms with van der Waals surface area (Å²) in [5, 5.41) is 0. The first kappa shape index (κ1) is 15.9. The van der Waals surface area contributed by atoms with E-state index < -0.39 is 11.5 Å². The lowest BCUT2D eigenvalue weighted by molar-refractivity contribution is 0.0517. The van der Waals surface area contributed by atoms with Crippen LogP contribution in [-0.4, -0.2) is 22.0 Å². The van der Waals surface area contributed by atoms with Crippen molar-refractivity contribution >= 4 is 38.2 Å². The van der Waals surface area contributed by atoms with Crippen LogP contribution in [-0.2, 0) is 4.74 Å². The maximum atomic E-state index is 12.2. The number of esters is 1. The van der Waals surface area contributed by atoms with Crippen molar-refractivity contribution in [3.05, 3.63) is 55.7 Å². The van der Waals surface area contributed by atoms with Gasteiger partial charge in [0.25, 0.3) is 5.56 Å². The van der Waals surface area contributed by atoms with Gasteiger partial charge in [0.1, 0.15) is 5.69 Å². The van der Waals surface area contributed by atoms with Gasteiger partial charge in [-0.05, 0) is 31.5 Å². The molecule has 7 heteroatoms. The molecule has 0 bridgehead atoms. The fourth-order valence-electron chi connectivity index (χ4n) is 2.38. The quantitative estimate of drug-likeness (QED) is 0.637. The zero-order valence-corrected chi connectivity index (χ0v) is 14.9. The lowest BCUT2D eigenvalue weighted by Crippen LogP contribution is -2.17. The van der Waals surface area contributed by atoms with Crippen LogP contribution in [0.15, 0.2) is 39.6 Å². The molecule has 118 valence electrons. The van der Waals surface area contributed by atoms with Crippen LogP contribution in [0.25, 0.3) is 16.2 Å². The Morgan fingerprint density at radius 2 is 2.04 bits per heavy atom. The molecule has 2 heterocycles. The summed E-state index contributed by atoms with van der Waals surface area (Å²) in [7, 11) is 0. The molecular weight excluding hydrogens is 380 g/mol. The number of nitrogens with zero attached hydrogens (tertiary/aromatic N) is 2. The van der Waals surface area contributed by atoms with Gasteiger partial charge in [0.05, 0.1) is 12.3 Å². The summed E-state index contributed by atoms with van der Waals surface area (Å²) < 4.78 is 7.74. The number of aryl methyl sites for hydroxylation is 1. The first-order valence-corrected chi connectivity index (χ1v) is 8.58. The van der Waals surface area contributed by atoms with E-state index in [4.69, 9.17) is 4.74 Å². The molecular formula is C16H13BrN2O3S. The number of halogens is 1. The molecule has 0 unspecified atom stereocenters. The van der Waals surface area contributed by atoms with Crippen molar-refractivity contribution in [1.82, 2.24) is 9.38 Å². The molecule has 1 aromatic carbocycles. The largest absolute Gasteiger partial charge is 0.461 e. The number of carbonyl (C=O) groups excluding carboxylic acids is 1. The topological polar surface area (TPSA) is 60.7 Å². The van der Waals surface area contributed by atoms with Gasteiger partial charge in [-0.2, -0.15) is 4.98 Å². The van der Waals surface area contributed by atoms with Crippen molar-refractivity contribution < 1.29 is 9.53 Å². The summed E-state index contributed by atoms with van der Waals surface area (Å²) in [6, 6.07) is 8.98. The number of carbonyl (C=O) groups is 1. The van der Waals surface area contributed by atoms with E-state index in [1.165, 1.54) is 17.4 Å². The second-order valence-corrected chi connectivity index (χ2v) is 6.93. The maximum absolute atomic E-state index is 12.2. The van der Waals surface area contributed by atoms with Crippen LogP contribution >= 0.6 is 27.3 Å². The van der Waals surface area contributed by atoms with Gasteiger partial charge in [-0.15, -0.1) is 11.3 Å². The molecule has 3 aromatic rings. The van der Waals surface area contributed by atoms with Crippen LogP contribution in [0.2, 0.25) is 0 Å². The molecule has 2 aromatic heterocycles. The van der Waals surface area contributed by atoms with E-state index in [1.807, 2.05) is 31.2 Å². The number of aromatic nitrogens is 2. The highest BCUT2D eigenvalue weighted by atomic mass is 79.9. The van der Waals surface area contributed by atoms with Crippen LogP contribution in [0.3, 0.4) is 0 Å².